The number of hydrogen-bond donors (Lipinski definition) is 1. The number of hydrogen-bond acceptors (Lipinski definition) is 4. The van der Waals surface area contributed by atoms with E-state index in [0.29, 0.717) is 11.4 Å². The van der Waals surface area contributed by atoms with Gasteiger partial charge in [-0.15, -0.1) is 0 Å². The van der Waals surface area contributed by atoms with Crippen LogP contribution >= 0.6 is 0 Å². The van der Waals surface area contributed by atoms with Gasteiger partial charge in [0.2, 0.25) is 0 Å². The van der Waals surface area contributed by atoms with E-state index in [4.69, 9.17) is 0 Å². The largest absolute Gasteiger partial charge is 0.309 e. The number of nitrogens with zero attached hydrogens (tertiary/aromatic N) is 1. The Labute approximate surface area is 119 Å². The summed E-state index contributed by atoms with van der Waals surface area (Å²) in [6, 6.07) is 12.4. The second-order valence-electron chi connectivity index (χ2n) is 4.59. The van der Waals surface area contributed by atoms with E-state index < -0.39 is 9.84 Å². The SMILES string of the molecule is C[C@@H](NCCS(=O)(=O)c1ccccc1)c1cccnc1. The number of benzene rings is 1. The van der Waals surface area contributed by atoms with Crippen molar-refractivity contribution in [3.05, 3.63) is 60.4 Å². The van der Waals surface area contributed by atoms with E-state index in [0.717, 1.165) is 5.56 Å². The third-order valence-electron chi connectivity index (χ3n) is 3.11. The van der Waals surface area contributed by atoms with Gasteiger partial charge in [-0.25, -0.2) is 8.42 Å². The molecule has 1 atom stereocenters. The molecule has 0 aliphatic heterocycles. The van der Waals surface area contributed by atoms with E-state index in [1.54, 1.807) is 36.7 Å². The fourth-order valence-corrected chi connectivity index (χ4v) is 3.10. The molecule has 0 radical (unpaired) electrons. The van der Waals surface area contributed by atoms with Crippen molar-refractivity contribution in [2.75, 3.05) is 12.3 Å². The maximum absolute atomic E-state index is 12.1. The van der Waals surface area contributed by atoms with Crippen LogP contribution in [0.5, 0.6) is 0 Å². The van der Waals surface area contributed by atoms with Crippen molar-refractivity contribution >= 4 is 9.84 Å². The first-order valence-electron chi connectivity index (χ1n) is 6.51. The molecule has 20 heavy (non-hydrogen) atoms. The van der Waals surface area contributed by atoms with Gasteiger partial charge in [0.25, 0.3) is 0 Å². The van der Waals surface area contributed by atoms with E-state index in [2.05, 4.69) is 10.3 Å². The average Bonchev–Trinajstić information content (AvgIpc) is 2.49. The number of sulfone groups is 1. The molecule has 0 aliphatic rings. The first kappa shape index (κ1) is 14.7. The zero-order valence-corrected chi connectivity index (χ0v) is 12.2. The van der Waals surface area contributed by atoms with Crippen molar-refractivity contribution in [3.63, 3.8) is 0 Å². The number of aromatic nitrogens is 1. The van der Waals surface area contributed by atoms with Crippen LogP contribution in [-0.2, 0) is 9.84 Å². The van der Waals surface area contributed by atoms with Gasteiger partial charge < -0.3 is 5.32 Å². The third-order valence-corrected chi connectivity index (χ3v) is 4.84. The molecule has 2 aromatic rings. The second kappa shape index (κ2) is 6.63. The molecule has 0 amide bonds. The summed E-state index contributed by atoms with van der Waals surface area (Å²) in [5, 5.41) is 3.21. The summed E-state index contributed by atoms with van der Waals surface area (Å²) in [4.78, 5) is 4.42. The Bertz CT molecular complexity index is 627. The summed E-state index contributed by atoms with van der Waals surface area (Å²) >= 11 is 0. The summed E-state index contributed by atoms with van der Waals surface area (Å²) < 4.78 is 24.2. The second-order valence-corrected chi connectivity index (χ2v) is 6.70. The highest BCUT2D eigenvalue weighted by Crippen LogP contribution is 2.12. The minimum absolute atomic E-state index is 0.0784. The van der Waals surface area contributed by atoms with Gasteiger partial charge in [-0.05, 0) is 30.7 Å². The van der Waals surface area contributed by atoms with Crippen LogP contribution in [0.4, 0.5) is 0 Å². The Morgan fingerprint density at radius 3 is 2.55 bits per heavy atom. The Kier molecular flexibility index (Phi) is 4.87. The maximum atomic E-state index is 12.1. The molecule has 2 rings (SSSR count). The molecule has 4 nitrogen and oxygen atoms in total. The summed E-state index contributed by atoms with van der Waals surface area (Å²) in [5.74, 6) is 0.0849. The summed E-state index contributed by atoms with van der Waals surface area (Å²) in [5.41, 5.74) is 1.05. The van der Waals surface area contributed by atoms with E-state index in [-0.39, 0.29) is 11.8 Å². The van der Waals surface area contributed by atoms with Gasteiger partial charge in [0.05, 0.1) is 10.6 Å². The molecule has 1 N–H and O–H groups in total. The van der Waals surface area contributed by atoms with Crippen LogP contribution in [0.15, 0.2) is 59.8 Å². The molecular formula is C15H18N2O2S. The first-order chi connectivity index (χ1) is 9.59. The molecule has 0 spiro atoms. The summed E-state index contributed by atoms with van der Waals surface area (Å²) in [7, 11) is -3.22. The highest BCUT2D eigenvalue weighted by atomic mass is 32.2. The van der Waals surface area contributed by atoms with E-state index in [9.17, 15) is 8.42 Å². The fraction of sp³-hybridized carbons (Fsp3) is 0.267. The van der Waals surface area contributed by atoms with Crippen molar-refractivity contribution in [1.29, 1.82) is 0 Å². The van der Waals surface area contributed by atoms with Gasteiger partial charge in [-0.1, -0.05) is 24.3 Å². The minimum atomic E-state index is -3.22. The quantitative estimate of drug-likeness (QED) is 0.886. The Morgan fingerprint density at radius 1 is 1.15 bits per heavy atom. The van der Waals surface area contributed by atoms with Crippen LogP contribution < -0.4 is 5.32 Å². The van der Waals surface area contributed by atoms with Crippen LogP contribution in [0.2, 0.25) is 0 Å². The van der Waals surface area contributed by atoms with Crippen LogP contribution in [0, 0.1) is 0 Å². The lowest BCUT2D eigenvalue weighted by Gasteiger charge is -2.13. The fourth-order valence-electron chi connectivity index (χ4n) is 1.91. The highest BCUT2D eigenvalue weighted by Gasteiger charge is 2.14. The Morgan fingerprint density at radius 2 is 1.90 bits per heavy atom. The predicted octanol–water partition coefficient (Wildman–Crippen LogP) is 2.21. The monoisotopic (exact) mass is 290 g/mol. The van der Waals surface area contributed by atoms with Gasteiger partial charge in [-0.3, -0.25) is 4.98 Å². The van der Waals surface area contributed by atoms with Crippen molar-refractivity contribution < 1.29 is 8.42 Å². The third kappa shape index (κ3) is 3.88. The van der Waals surface area contributed by atoms with Gasteiger partial charge >= 0.3 is 0 Å². The van der Waals surface area contributed by atoms with E-state index in [1.807, 2.05) is 25.1 Å². The molecule has 0 fully saturated rings. The molecule has 0 saturated carbocycles. The standard InChI is InChI=1S/C15H18N2O2S/c1-13(14-6-5-9-16-12-14)17-10-11-20(18,19)15-7-3-2-4-8-15/h2-9,12-13,17H,10-11H2,1H3/t13-/m1/s1. The smallest absolute Gasteiger partial charge is 0.179 e. The normalized spacial score (nSPS) is 13.1. The van der Waals surface area contributed by atoms with Crippen LogP contribution in [-0.4, -0.2) is 25.7 Å². The maximum Gasteiger partial charge on any atom is 0.179 e. The highest BCUT2D eigenvalue weighted by molar-refractivity contribution is 7.91. The number of pyridine rings is 1. The average molecular weight is 290 g/mol. The molecule has 1 aromatic carbocycles. The zero-order chi connectivity index (χ0) is 14.4. The van der Waals surface area contributed by atoms with Gasteiger partial charge in [0.1, 0.15) is 0 Å². The molecule has 0 unspecified atom stereocenters. The predicted molar refractivity (Wildman–Crippen MR) is 79.1 cm³/mol. The molecule has 0 bridgehead atoms. The molecular weight excluding hydrogens is 272 g/mol. The van der Waals surface area contributed by atoms with Crippen LogP contribution in [0.25, 0.3) is 0 Å². The van der Waals surface area contributed by atoms with Gasteiger partial charge in [0, 0.05) is 25.0 Å². The van der Waals surface area contributed by atoms with Crippen molar-refractivity contribution in [2.24, 2.45) is 0 Å². The minimum Gasteiger partial charge on any atom is -0.309 e. The van der Waals surface area contributed by atoms with E-state index in [1.165, 1.54) is 0 Å². The molecule has 0 saturated heterocycles. The Balaban J connectivity index is 1.90. The number of nitrogens with one attached hydrogen (secondary N) is 1. The molecule has 1 aromatic heterocycles. The first-order valence-corrected chi connectivity index (χ1v) is 8.16. The zero-order valence-electron chi connectivity index (χ0n) is 11.4. The van der Waals surface area contributed by atoms with Crippen LogP contribution in [0.3, 0.4) is 0 Å². The van der Waals surface area contributed by atoms with E-state index >= 15 is 0 Å². The molecule has 0 aliphatic carbocycles. The molecule has 106 valence electrons. The van der Waals surface area contributed by atoms with Crippen molar-refractivity contribution in [1.82, 2.24) is 10.3 Å². The molecule has 1 heterocycles. The lowest BCUT2D eigenvalue weighted by molar-refractivity contribution is 0.571. The Hall–Kier alpha value is -1.72. The number of rotatable bonds is 6. The van der Waals surface area contributed by atoms with Crippen molar-refractivity contribution in [3.8, 4) is 0 Å². The van der Waals surface area contributed by atoms with Crippen molar-refractivity contribution in [2.45, 2.75) is 17.9 Å². The van der Waals surface area contributed by atoms with Gasteiger partial charge in [-0.2, -0.15) is 0 Å². The van der Waals surface area contributed by atoms with Gasteiger partial charge in [0.15, 0.2) is 9.84 Å². The van der Waals surface area contributed by atoms with Crippen LogP contribution in [0.1, 0.15) is 18.5 Å². The lowest BCUT2D eigenvalue weighted by atomic mass is 10.1. The molecule has 5 heteroatoms. The lowest BCUT2D eigenvalue weighted by Crippen LogP contribution is -2.25. The topological polar surface area (TPSA) is 59.1 Å². The summed E-state index contributed by atoms with van der Waals surface area (Å²) in [6.07, 6.45) is 3.50. The summed E-state index contributed by atoms with van der Waals surface area (Å²) in [6.45, 7) is 2.40.